The number of nitrogens with two attached hydrogens (primary N) is 1. The molecule has 0 atom stereocenters. The molecule has 2 aliphatic heterocycles. The fourth-order valence-electron chi connectivity index (χ4n) is 3.01. The maximum atomic E-state index is 12.5. The maximum Gasteiger partial charge on any atom is 0.320 e. The second-order valence-electron chi connectivity index (χ2n) is 5.88. The average molecular weight is 283 g/mol. The molecule has 5 heteroatoms. The maximum absolute atomic E-state index is 12.5. The number of rotatable bonds is 4. The minimum atomic E-state index is 0.243. The largest absolute Gasteiger partial charge is 0.378 e. The summed E-state index contributed by atoms with van der Waals surface area (Å²) < 4.78 is 5.79. The highest BCUT2D eigenvalue weighted by molar-refractivity contribution is 5.74. The van der Waals surface area contributed by atoms with Crippen molar-refractivity contribution in [3.63, 3.8) is 0 Å². The second kappa shape index (κ2) is 8.47. The van der Waals surface area contributed by atoms with Gasteiger partial charge < -0.3 is 20.3 Å². The highest BCUT2D eigenvalue weighted by Gasteiger charge is 2.26. The topological polar surface area (TPSA) is 58.8 Å². The molecule has 0 spiro atoms. The third-order valence-corrected chi connectivity index (χ3v) is 4.29. The lowest BCUT2D eigenvalue weighted by Crippen LogP contribution is -2.48. The van der Waals surface area contributed by atoms with Crippen LogP contribution in [0.1, 0.15) is 44.9 Å². The van der Waals surface area contributed by atoms with Crippen molar-refractivity contribution in [2.45, 2.75) is 51.0 Å². The molecule has 2 amide bonds. The predicted molar refractivity (Wildman–Crippen MR) is 79.7 cm³/mol. The summed E-state index contributed by atoms with van der Waals surface area (Å²) in [6, 6.07) is 0.243. The zero-order valence-corrected chi connectivity index (χ0v) is 12.6. The normalized spacial score (nSPS) is 21.9. The number of carbonyl (C=O) groups is 1. The van der Waals surface area contributed by atoms with Gasteiger partial charge >= 0.3 is 6.03 Å². The molecule has 20 heavy (non-hydrogen) atoms. The number of amides is 2. The number of urea groups is 1. The van der Waals surface area contributed by atoms with Crippen molar-refractivity contribution in [3.05, 3.63) is 0 Å². The van der Waals surface area contributed by atoms with Crippen molar-refractivity contribution >= 4 is 6.03 Å². The molecular weight excluding hydrogens is 254 g/mol. The van der Waals surface area contributed by atoms with E-state index in [0.717, 1.165) is 64.9 Å². The number of hydrogen-bond donors (Lipinski definition) is 1. The lowest BCUT2D eigenvalue weighted by molar-refractivity contribution is 0.0115. The molecule has 2 heterocycles. The highest BCUT2D eigenvalue weighted by Crippen LogP contribution is 2.17. The Morgan fingerprint density at radius 2 is 1.60 bits per heavy atom. The molecule has 2 aliphatic rings. The van der Waals surface area contributed by atoms with Crippen LogP contribution in [0.2, 0.25) is 0 Å². The third-order valence-electron chi connectivity index (χ3n) is 4.29. The number of ether oxygens (including phenoxy) is 1. The quantitative estimate of drug-likeness (QED) is 0.801. The van der Waals surface area contributed by atoms with E-state index in [9.17, 15) is 4.79 Å². The van der Waals surface area contributed by atoms with Gasteiger partial charge in [-0.15, -0.1) is 0 Å². The molecule has 0 aliphatic carbocycles. The van der Waals surface area contributed by atoms with Crippen molar-refractivity contribution in [2.75, 3.05) is 39.3 Å². The first-order chi connectivity index (χ1) is 9.81. The fraction of sp³-hybridized carbons (Fsp3) is 0.933. The van der Waals surface area contributed by atoms with Crippen LogP contribution >= 0.6 is 0 Å². The summed E-state index contributed by atoms with van der Waals surface area (Å²) in [7, 11) is 0. The molecule has 116 valence electrons. The van der Waals surface area contributed by atoms with E-state index in [1.807, 2.05) is 9.80 Å². The Bertz CT molecular complexity index is 283. The Hall–Kier alpha value is -0.810. The van der Waals surface area contributed by atoms with Crippen LogP contribution in [0.25, 0.3) is 0 Å². The SMILES string of the molecule is NCCCOC1CCN(C(=O)N2CCCCCC2)CC1. The smallest absolute Gasteiger partial charge is 0.320 e. The summed E-state index contributed by atoms with van der Waals surface area (Å²) in [5, 5.41) is 0. The van der Waals surface area contributed by atoms with Crippen LogP contribution in [-0.4, -0.2) is 61.3 Å². The molecule has 2 N–H and O–H groups in total. The van der Waals surface area contributed by atoms with Crippen molar-refractivity contribution in [1.82, 2.24) is 9.80 Å². The highest BCUT2D eigenvalue weighted by atomic mass is 16.5. The number of hydrogen-bond acceptors (Lipinski definition) is 3. The van der Waals surface area contributed by atoms with Gasteiger partial charge in [0.2, 0.25) is 0 Å². The van der Waals surface area contributed by atoms with E-state index in [0.29, 0.717) is 12.6 Å². The van der Waals surface area contributed by atoms with Gasteiger partial charge in [-0.3, -0.25) is 0 Å². The van der Waals surface area contributed by atoms with Gasteiger partial charge in [-0.05, 0) is 38.6 Å². The van der Waals surface area contributed by atoms with Crippen LogP contribution < -0.4 is 5.73 Å². The van der Waals surface area contributed by atoms with Gasteiger partial charge in [0, 0.05) is 32.8 Å². The average Bonchev–Trinajstić information content (AvgIpc) is 2.77. The van der Waals surface area contributed by atoms with Crippen LogP contribution in [0, 0.1) is 0 Å². The Kier molecular flexibility index (Phi) is 6.60. The van der Waals surface area contributed by atoms with Gasteiger partial charge in [-0.1, -0.05) is 12.8 Å². The van der Waals surface area contributed by atoms with Crippen LogP contribution in [-0.2, 0) is 4.74 Å². The lowest BCUT2D eigenvalue weighted by Gasteiger charge is -2.35. The molecule has 0 unspecified atom stereocenters. The summed E-state index contributed by atoms with van der Waals surface area (Å²) in [5.41, 5.74) is 5.46. The van der Waals surface area contributed by atoms with Gasteiger partial charge in [0.1, 0.15) is 0 Å². The van der Waals surface area contributed by atoms with Crippen molar-refractivity contribution < 1.29 is 9.53 Å². The Morgan fingerprint density at radius 1 is 1.00 bits per heavy atom. The number of nitrogens with zero attached hydrogens (tertiary/aromatic N) is 2. The minimum Gasteiger partial charge on any atom is -0.378 e. The molecule has 0 radical (unpaired) electrons. The molecule has 5 nitrogen and oxygen atoms in total. The van der Waals surface area contributed by atoms with Gasteiger partial charge in [0.25, 0.3) is 0 Å². The lowest BCUT2D eigenvalue weighted by atomic mass is 10.1. The van der Waals surface area contributed by atoms with E-state index in [1.165, 1.54) is 12.8 Å². The van der Waals surface area contributed by atoms with E-state index in [2.05, 4.69) is 0 Å². The molecule has 0 aromatic carbocycles. The fourth-order valence-corrected chi connectivity index (χ4v) is 3.01. The predicted octanol–water partition coefficient (Wildman–Crippen LogP) is 1.81. The minimum absolute atomic E-state index is 0.243. The van der Waals surface area contributed by atoms with E-state index in [4.69, 9.17) is 10.5 Å². The standard InChI is InChI=1S/C15H29N3O2/c16-8-5-13-20-14-6-11-18(12-7-14)15(19)17-9-3-1-2-4-10-17/h14H,1-13,16H2. The molecule has 2 fully saturated rings. The second-order valence-corrected chi connectivity index (χ2v) is 5.88. The summed E-state index contributed by atoms with van der Waals surface area (Å²) in [6.07, 6.45) is 8.01. The molecule has 0 bridgehead atoms. The molecule has 0 aromatic heterocycles. The summed E-state index contributed by atoms with van der Waals surface area (Å²) in [4.78, 5) is 16.5. The van der Waals surface area contributed by atoms with Gasteiger partial charge in [-0.25, -0.2) is 4.79 Å². The van der Waals surface area contributed by atoms with Gasteiger partial charge in [0.15, 0.2) is 0 Å². The molecule has 2 rings (SSSR count). The zero-order valence-electron chi connectivity index (χ0n) is 12.6. The first-order valence-corrected chi connectivity index (χ1v) is 8.17. The van der Waals surface area contributed by atoms with Crippen LogP contribution in [0.3, 0.4) is 0 Å². The molecule has 2 saturated heterocycles. The van der Waals surface area contributed by atoms with Crippen molar-refractivity contribution in [1.29, 1.82) is 0 Å². The molecule has 0 aromatic rings. The zero-order chi connectivity index (χ0) is 14.2. The van der Waals surface area contributed by atoms with E-state index in [1.54, 1.807) is 0 Å². The van der Waals surface area contributed by atoms with Crippen LogP contribution in [0.5, 0.6) is 0 Å². The van der Waals surface area contributed by atoms with Crippen molar-refractivity contribution in [2.24, 2.45) is 5.73 Å². The van der Waals surface area contributed by atoms with E-state index in [-0.39, 0.29) is 6.03 Å². The first-order valence-electron chi connectivity index (χ1n) is 8.17. The number of carbonyl (C=O) groups excluding carboxylic acids is 1. The van der Waals surface area contributed by atoms with Gasteiger partial charge in [0.05, 0.1) is 6.10 Å². The summed E-state index contributed by atoms with van der Waals surface area (Å²) in [5.74, 6) is 0. The Labute approximate surface area is 122 Å². The number of likely N-dealkylation sites (tertiary alicyclic amines) is 2. The summed E-state index contributed by atoms with van der Waals surface area (Å²) in [6.45, 7) is 4.98. The van der Waals surface area contributed by atoms with E-state index >= 15 is 0 Å². The van der Waals surface area contributed by atoms with E-state index < -0.39 is 0 Å². The molecular formula is C15H29N3O2. The third kappa shape index (κ3) is 4.63. The monoisotopic (exact) mass is 283 g/mol. The van der Waals surface area contributed by atoms with Gasteiger partial charge in [-0.2, -0.15) is 0 Å². The van der Waals surface area contributed by atoms with Crippen molar-refractivity contribution in [3.8, 4) is 0 Å². The Morgan fingerprint density at radius 3 is 2.20 bits per heavy atom. The first kappa shape index (κ1) is 15.6. The molecule has 0 saturated carbocycles. The van der Waals surface area contributed by atoms with Crippen LogP contribution in [0.15, 0.2) is 0 Å². The number of piperidine rings is 1. The van der Waals surface area contributed by atoms with Crippen LogP contribution in [0.4, 0.5) is 4.79 Å². The Balaban J connectivity index is 1.70. The summed E-state index contributed by atoms with van der Waals surface area (Å²) >= 11 is 0.